The Hall–Kier alpha value is -2.67. The Balaban J connectivity index is 1.59. The number of amides is 2. The summed E-state index contributed by atoms with van der Waals surface area (Å²) >= 11 is 9.47. The molecule has 150 valence electrons. The third-order valence-electron chi connectivity index (χ3n) is 5.40. The first-order valence-electron chi connectivity index (χ1n) is 9.44. The Morgan fingerprint density at radius 3 is 2.27 bits per heavy atom. The topological polar surface area (TPSA) is 49.9 Å². The number of nitrogens with zero attached hydrogens (tertiary/aromatic N) is 2. The predicted molar refractivity (Wildman–Crippen MR) is 118 cm³/mol. The first-order chi connectivity index (χ1) is 14.5. The number of benzene rings is 3. The maximum Gasteiger partial charge on any atom is 0.266 e. The molecule has 30 heavy (non-hydrogen) atoms. The minimum Gasteiger partial charge on any atom is -0.273 e. The molecule has 0 unspecified atom stereocenters. The number of carbonyl (C=O) groups is 2. The molecule has 2 saturated heterocycles. The number of imide groups is 1. The van der Waals surface area contributed by atoms with Crippen molar-refractivity contribution >= 4 is 50.7 Å². The van der Waals surface area contributed by atoms with Crippen molar-refractivity contribution in [3.05, 3.63) is 93.9 Å². The smallest absolute Gasteiger partial charge is 0.266 e. The fourth-order valence-electron chi connectivity index (χ4n) is 4.09. The van der Waals surface area contributed by atoms with E-state index < -0.39 is 18.1 Å². The molecule has 2 aliphatic rings. The van der Waals surface area contributed by atoms with Crippen molar-refractivity contribution in [2.24, 2.45) is 5.92 Å². The van der Waals surface area contributed by atoms with E-state index in [1.165, 1.54) is 4.90 Å². The molecule has 3 atom stereocenters. The number of fused-ring (bicyclic) bond motifs is 1. The number of hydrogen-bond acceptors (Lipinski definition) is 4. The summed E-state index contributed by atoms with van der Waals surface area (Å²) in [6.45, 7) is 0. The van der Waals surface area contributed by atoms with Gasteiger partial charge in [0.25, 0.3) is 5.91 Å². The number of hydrogen-bond donors (Lipinski definition) is 0. The molecule has 2 fully saturated rings. The lowest BCUT2D eigenvalue weighted by molar-refractivity contribution is -0.126. The van der Waals surface area contributed by atoms with E-state index in [9.17, 15) is 9.59 Å². The number of halogens is 2. The minimum absolute atomic E-state index is 0.282. The molecular weight excluding hydrogens is 468 g/mol. The summed E-state index contributed by atoms with van der Waals surface area (Å²) in [4.78, 5) is 34.0. The summed E-state index contributed by atoms with van der Waals surface area (Å²) in [7, 11) is 0. The maximum atomic E-state index is 13.5. The summed E-state index contributed by atoms with van der Waals surface area (Å²) in [5, 5.41) is 2.23. The van der Waals surface area contributed by atoms with Gasteiger partial charge < -0.3 is 0 Å². The molecule has 0 N–H and O–H groups in total. The summed E-state index contributed by atoms with van der Waals surface area (Å²) in [5.74, 6) is -1.32. The van der Waals surface area contributed by atoms with Gasteiger partial charge in [0.15, 0.2) is 6.10 Å². The molecule has 3 aromatic rings. The Morgan fingerprint density at radius 2 is 1.57 bits per heavy atom. The van der Waals surface area contributed by atoms with Crippen LogP contribution in [0.4, 0.5) is 11.4 Å². The van der Waals surface area contributed by atoms with Crippen molar-refractivity contribution in [3.8, 4) is 0 Å². The Kier molecular flexibility index (Phi) is 4.85. The molecule has 0 bridgehead atoms. The van der Waals surface area contributed by atoms with E-state index in [0.717, 1.165) is 15.7 Å². The maximum absolute atomic E-state index is 13.5. The summed E-state index contributed by atoms with van der Waals surface area (Å²) in [6.07, 6.45) is -0.891. The molecule has 5 nitrogen and oxygen atoms in total. The lowest BCUT2D eigenvalue weighted by Gasteiger charge is -2.28. The van der Waals surface area contributed by atoms with Gasteiger partial charge in [-0.1, -0.05) is 57.9 Å². The van der Waals surface area contributed by atoms with Crippen LogP contribution in [0, 0.1) is 5.92 Å². The first kappa shape index (κ1) is 19.3. The van der Waals surface area contributed by atoms with Crippen molar-refractivity contribution in [2.75, 3.05) is 9.96 Å². The van der Waals surface area contributed by atoms with Gasteiger partial charge in [-0.2, -0.15) is 0 Å². The molecule has 0 spiro atoms. The summed E-state index contributed by atoms with van der Waals surface area (Å²) in [5.41, 5.74) is 2.17. The van der Waals surface area contributed by atoms with E-state index in [2.05, 4.69) is 15.9 Å². The van der Waals surface area contributed by atoms with Gasteiger partial charge in [-0.25, -0.2) is 9.96 Å². The van der Waals surface area contributed by atoms with Crippen molar-refractivity contribution in [1.29, 1.82) is 0 Å². The quantitative estimate of drug-likeness (QED) is 0.483. The molecule has 7 heteroatoms. The highest BCUT2D eigenvalue weighted by atomic mass is 79.9. The van der Waals surface area contributed by atoms with Gasteiger partial charge in [0.2, 0.25) is 5.91 Å². The second kappa shape index (κ2) is 7.54. The molecule has 5 rings (SSSR count). The molecule has 2 amide bonds. The zero-order valence-corrected chi connectivity index (χ0v) is 18.0. The molecule has 0 aliphatic carbocycles. The minimum atomic E-state index is -0.891. The van der Waals surface area contributed by atoms with Crippen LogP contribution in [0.2, 0.25) is 5.02 Å². The highest BCUT2D eigenvalue weighted by Gasteiger charge is 2.60. The predicted octanol–water partition coefficient (Wildman–Crippen LogP) is 5.15. The second-order valence-corrected chi connectivity index (χ2v) is 8.55. The van der Waals surface area contributed by atoms with Gasteiger partial charge in [0.1, 0.15) is 5.92 Å². The van der Waals surface area contributed by atoms with Gasteiger partial charge >= 0.3 is 0 Å². The van der Waals surface area contributed by atoms with E-state index in [-0.39, 0.29) is 11.8 Å². The van der Waals surface area contributed by atoms with Gasteiger partial charge in [0, 0.05) is 9.50 Å². The van der Waals surface area contributed by atoms with Crippen molar-refractivity contribution < 1.29 is 14.4 Å². The molecule has 0 aromatic heterocycles. The lowest BCUT2D eigenvalue weighted by atomic mass is 9.90. The van der Waals surface area contributed by atoms with Crippen LogP contribution in [0.3, 0.4) is 0 Å². The van der Waals surface area contributed by atoms with E-state index >= 15 is 0 Å². The molecule has 0 saturated carbocycles. The van der Waals surface area contributed by atoms with Crippen LogP contribution in [0.5, 0.6) is 0 Å². The van der Waals surface area contributed by atoms with E-state index in [1.807, 2.05) is 54.6 Å². The van der Waals surface area contributed by atoms with E-state index in [4.69, 9.17) is 16.4 Å². The zero-order chi connectivity index (χ0) is 20.8. The third-order valence-corrected chi connectivity index (χ3v) is 6.15. The number of rotatable bonds is 3. The molecule has 2 heterocycles. The van der Waals surface area contributed by atoms with Crippen molar-refractivity contribution in [3.63, 3.8) is 0 Å². The number of para-hydroxylation sites is 1. The van der Waals surface area contributed by atoms with Crippen LogP contribution in [-0.4, -0.2) is 17.9 Å². The standard InChI is InChI=1S/C23H16BrClN2O3/c24-15-6-4-5-14(13-15)20-19-21(30-27(20)18-7-2-1-3-8-18)23(29)26(22(19)28)17-11-9-16(25)10-12-17/h1-13,19-21H/t19-,20+,21+/m0/s1. The summed E-state index contributed by atoms with van der Waals surface area (Å²) in [6, 6.07) is 23.5. The fourth-order valence-corrected chi connectivity index (χ4v) is 4.63. The van der Waals surface area contributed by atoms with Crippen LogP contribution < -0.4 is 9.96 Å². The summed E-state index contributed by atoms with van der Waals surface area (Å²) < 4.78 is 0.891. The molecule has 0 radical (unpaired) electrons. The highest BCUT2D eigenvalue weighted by molar-refractivity contribution is 9.10. The average molecular weight is 484 g/mol. The number of anilines is 2. The largest absolute Gasteiger partial charge is 0.273 e. The molecular formula is C23H16BrClN2O3. The molecule has 2 aliphatic heterocycles. The van der Waals surface area contributed by atoms with Crippen molar-refractivity contribution in [2.45, 2.75) is 12.1 Å². The van der Waals surface area contributed by atoms with Gasteiger partial charge in [0.05, 0.1) is 17.4 Å². The Morgan fingerprint density at radius 1 is 0.833 bits per heavy atom. The SMILES string of the molecule is O=C1[C@H]2[C@@H](c3cccc(Br)c3)N(c3ccccc3)O[C@H]2C(=O)N1c1ccc(Cl)cc1. The highest BCUT2D eigenvalue weighted by Crippen LogP contribution is 2.47. The monoisotopic (exact) mass is 482 g/mol. The number of carbonyl (C=O) groups excluding carboxylic acids is 2. The van der Waals surface area contributed by atoms with Crippen LogP contribution in [-0.2, 0) is 14.4 Å². The van der Waals surface area contributed by atoms with Gasteiger partial charge in [-0.15, -0.1) is 0 Å². The normalized spacial score (nSPS) is 23.2. The Labute approximate surface area is 186 Å². The van der Waals surface area contributed by atoms with Crippen LogP contribution >= 0.6 is 27.5 Å². The van der Waals surface area contributed by atoms with Crippen LogP contribution in [0.25, 0.3) is 0 Å². The fraction of sp³-hybridized carbons (Fsp3) is 0.130. The van der Waals surface area contributed by atoms with E-state index in [1.54, 1.807) is 29.3 Å². The average Bonchev–Trinajstić information content (AvgIpc) is 3.26. The first-order valence-corrected chi connectivity index (χ1v) is 10.6. The van der Waals surface area contributed by atoms with Crippen molar-refractivity contribution in [1.82, 2.24) is 0 Å². The number of hydroxylamine groups is 1. The molecule has 3 aromatic carbocycles. The van der Waals surface area contributed by atoms with Crippen LogP contribution in [0.15, 0.2) is 83.3 Å². The lowest BCUT2D eigenvalue weighted by Crippen LogP contribution is -2.37. The van der Waals surface area contributed by atoms with E-state index in [0.29, 0.717) is 10.7 Å². The van der Waals surface area contributed by atoms with Crippen LogP contribution in [0.1, 0.15) is 11.6 Å². The Bertz CT molecular complexity index is 1120. The van der Waals surface area contributed by atoms with Gasteiger partial charge in [-0.05, 0) is 54.1 Å². The van der Waals surface area contributed by atoms with Gasteiger partial charge in [-0.3, -0.25) is 14.4 Å². The third kappa shape index (κ3) is 3.12. The zero-order valence-electron chi connectivity index (χ0n) is 15.6. The second-order valence-electron chi connectivity index (χ2n) is 7.20.